The molecule has 1 saturated heterocycles. The van der Waals surface area contributed by atoms with Gasteiger partial charge in [0, 0.05) is 48.0 Å². The van der Waals surface area contributed by atoms with Gasteiger partial charge in [-0.1, -0.05) is 106 Å². The van der Waals surface area contributed by atoms with Gasteiger partial charge in [0.15, 0.2) is 5.54 Å². The van der Waals surface area contributed by atoms with E-state index in [1.165, 1.54) is 33.6 Å². The molecule has 3 heteroatoms. The largest absolute Gasteiger partial charge is 0.501 e. The Hall–Kier alpha value is -2.55. The summed E-state index contributed by atoms with van der Waals surface area (Å²) in [5, 5.41) is 13.1. The summed E-state index contributed by atoms with van der Waals surface area (Å²) < 4.78 is 2.57. The number of nitrogens with zero attached hydrogens (tertiary/aromatic N) is 2. The van der Waals surface area contributed by atoms with Crippen molar-refractivity contribution in [1.29, 1.82) is 0 Å². The third kappa shape index (κ3) is 5.67. The van der Waals surface area contributed by atoms with Gasteiger partial charge in [-0.2, -0.15) is 4.58 Å². The SMILES string of the molecule is CC(C)c1cccc(C(C)C)c1N1/C(=C(\O)C2=[N+](c3c(C(C)C)cccc3C(C)C)C(C)(C)CC2(C)C)C(C)(C)CC1(C)C. The minimum Gasteiger partial charge on any atom is -0.501 e. The molecule has 242 valence electrons. The molecule has 0 radical (unpaired) electrons. The van der Waals surface area contributed by atoms with Crippen molar-refractivity contribution in [3.63, 3.8) is 0 Å². The number of benzene rings is 2. The number of aliphatic hydroxyl groups is 1. The fourth-order valence-electron chi connectivity index (χ4n) is 9.03. The lowest BCUT2D eigenvalue weighted by molar-refractivity contribution is -0.517. The zero-order valence-electron chi connectivity index (χ0n) is 31.0. The second-order valence-electron chi connectivity index (χ2n) is 17.7. The monoisotopic (exact) mass is 599 g/mol. The molecule has 0 aliphatic carbocycles. The molecule has 4 rings (SSSR count). The number of para-hydroxylation sites is 2. The van der Waals surface area contributed by atoms with E-state index in [9.17, 15) is 5.11 Å². The van der Waals surface area contributed by atoms with E-state index >= 15 is 0 Å². The molecular formula is C41H63N2O+. The Labute approximate surface area is 270 Å². The first kappa shape index (κ1) is 34.3. The molecular weight excluding hydrogens is 536 g/mol. The van der Waals surface area contributed by atoms with Crippen molar-refractivity contribution in [2.24, 2.45) is 10.8 Å². The molecule has 2 aliphatic heterocycles. The Kier molecular flexibility index (Phi) is 8.86. The molecule has 0 atom stereocenters. The van der Waals surface area contributed by atoms with Crippen LogP contribution < -0.4 is 4.90 Å². The first-order valence-electron chi connectivity index (χ1n) is 17.2. The van der Waals surface area contributed by atoms with E-state index < -0.39 is 0 Å². The smallest absolute Gasteiger partial charge is 0.232 e. The summed E-state index contributed by atoms with van der Waals surface area (Å²) >= 11 is 0. The Morgan fingerprint density at radius 2 is 1.05 bits per heavy atom. The van der Waals surface area contributed by atoms with Crippen LogP contribution >= 0.6 is 0 Å². The zero-order valence-corrected chi connectivity index (χ0v) is 31.0. The van der Waals surface area contributed by atoms with Gasteiger partial charge in [-0.3, -0.25) is 0 Å². The predicted molar refractivity (Wildman–Crippen MR) is 191 cm³/mol. The van der Waals surface area contributed by atoms with Crippen LogP contribution in [0, 0.1) is 10.8 Å². The van der Waals surface area contributed by atoms with Gasteiger partial charge in [0.2, 0.25) is 17.2 Å². The predicted octanol–water partition coefficient (Wildman–Crippen LogP) is 12.0. The highest BCUT2D eigenvalue weighted by Gasteiger charge is 2.59. The van der Waals surface area contributed by atoms with Gasteiger partial charge in [-0.25, -0.2) is 0 Å². The molecule has 3 nitrogen and oxygen atoms in total. The van der Waals surface area contributed by atoms with Crippen LogP contribution in [0.2, 0.25) is 0 Å². The molecule has 2 aromatic carbocycles. The Bertz CT molecular complexity index is 1420. The average Bonchev–Trinajstić information content (AvgIpc) is 3.19. The van der Waals surface area contributed by atoms with Crippen LogP contribution in [0.4, 0.5) is 11.4 Å². The molecule has 44 heavy (non-hydrogen) atoms. The number of aliphatic hydroxyl groups excluding tert-OH is 1. The molecule has 2 heterocycles. The van der Waals surface area contributed by atoms with Crippen LogP contribution in [-0.2, 0) is 0 Å². The molecule has 1 N–H and O–H groups in total. The van der Waals surface area contributed by atoms with Gasteiger partial charge in [-0.15, -0.1) is 0 Å². The normalized spacial score (nSPS) is 21.9. The van der Waals surface area contributed by atoms with Crippen LogP contribution in [0.1, 0.15) is 170 Å². The Morgan fingerprint density at radius 3 is 1.45 bits per heavy atom. The van der Waals surface area contributed by atoms with Gasteiger partial charge in [-0.05, 0) is 68.9 Å². The van der Waals surface area contributed by atoms with Crippen LogP contribution in [0.15, 0.2) is 47.9 Å². The molecule has 0 amide bonds. The minimum atomic E-state index is -0.230. The van der Waals surface area contributed by atoms with Crippen molar-refractivity contribution in [3.05, 3.63) is 70.1 Å². The highest BCUT2D eigenvalue weighted by atomic mass is 16.3. The van der Waals surface area contributed by atoms with E-state index in [0.29, 0.717) is 29.4 Å². The van der Waals surface area contributed by atoms with E-state index in [1.807, 2.05) is 0 Å². The molecule has 0 spiro atoms. The first-order valence-corrected chi connectivity index (χ1v) is 17.2. The maximum atomic E-state index is 13.1. The van der Waals surface area contributed by atoms with Crippen molar-refractivity contribution in [1.82, 2.24) is 0 Å². The van der Waals surface area contributed by atoms with Gasteiger partial charge in [0.25, 0.3) is 0 Å². The third-order valence-electron chi connectivity index (χ3n) is 10.3. The van der Waals surface area contributed by atoms with E-state index in [0.717, 1.165) is 24.3 Å². The van der Waals surface area contributed by atoms with Crippen molar-refractivity contribution >= 4 is 17.1 Å². The molecule has 0 unspecified atom stereocenters. The second kappa shape index (κ2) is 11.4. The van der Waals surface area contributed by atoms with E-state index in [2.05, 4.69) is 157 Å². The zero-order chi connectivity index (χ0) is 33.3. The fraction of sp³-hybridized carbons (Fsp3) is 0.634. The minimum absolute atomic E-state index is 0.177. The second-order valence-corrected chi connectivity index (χ2v) is 17.7. The van der Waals surface area contributed by atoms with Gasteiger partial charge in [0.1, 0.15) is 0 Å². The van der Waals surface area contributed by atoms with Crippen LogP contribution in [-0.4, -0.2) is 26.5 Å². The quantitative estimate of drug-likeness (QED) is 0.253. The topological polar surface area (TPSA) is 26.5 Å². The van der Waals surface area contributed by atoms with Crippen molar-refractivity contribution in [2.45, 2.75) is 158 Å². The lowest BCUT2D eigenvalue weighted by atomic mass is 9.78. The highest BCUT2D eigenvalue weighted by Crippen LogP contribution is 2.56. The fourth-order valence-corrected chi connectivity index (χ4v) is 9.03. The van der Waals surface area contributed by atoms with E-state index in [-0.39, 0.29) is 21.9 Å². The summed E-state index contributed by atoms with van der Waals surface area (Å²) in [6.07, 6.45) is 1.92. The standard InChI is InChI=1S/C41H62N2O/c1-25(2)29-19-17-20-30(26(3)4)33(29)42-36(38(9,10)23-40(42,13)14)35(44)37-39(11,12)24-41(15,16)43(37)34-31(27(5)6)21-18-22-32(34)28(7)8/h17-22,25-28H,23-24H2,1-16H3/p+1. The van der Waals surface area contributed by atoms with Crippen molar-refractivity contribution in [3.8, 4) is 0 Å². The maximum absolute atomic E-state index is 13.1. The summed E-state index contributed by atoms with van der Waals surface area (Å²) in [5.41, 5.74) is 9.32. The van der Waals surface area contributed by atoms with Crippen molar-refractivity contribution in [2.75, 3.05) is 4.90 Å². The summed E-state index contributed by atoms with van der Waals surface area (Å²) in [4.78, 5) is 2.57. The summed E-state index contributed by atoms with van der Waals surface area (Å²) in [5.74, 6) is 1.93. The number of rotatable bonds is 7. The molecule has 0 saturated carbocycles. The summed E-state index contributed by atoms with van der Waals surface area (Å²) in [7, 11) is 0. The van der Waals surface area contributed by atoms with Crippen LogP contribution in [0.25, 0.3) is 0 Å². The third-order valence-corrected chi connectivity index (χ3v) is 10.3. The summed E-state index contributed by atoms with van der Waals surface area (Å²) in [6, 6.07) is 13.7. The molecule has 2 aromatic rings. The Balaban J connectivity index is 2.24. The van der Waals surface area contributed by atoms with Gasteiger partial charge < -0.3 is 10.0 Å². The summed E-state index contributed by atoms with van der Waals surface area (Å²) in [6.45, 7) is 37.2. The molecule has 1 fully saturated rings. The number of hydrogen-bond donors (Lipinski definition) is 1. The van der Waals surface area contributed by atoms with Gasteiger partial charge >= 0.3 is 0 Å². The van der Waals surface area contributed by atoms with Crippen LogP contribution in [0.3, 0.4) is 0 Å². The first-order chi connectivity index (χ1) is 20.1. The lowest BCUT2D eigenvalue weighted by Crippen LogP contribution is -2.41. The lowest BCUT2D eigenvalue weighted by Gasteiger charge is -2.39. The number of allylic oxidation sites excluding steroid dienone is 2. The molecule has 2 aliphatic rings. The van der Waals surface area contributed by atoms with E-state index in [1.54, 1.807) is 0 Å². The maximum Gasteiger partial charge on any atom is 0.232 e. The number of hydrogen-bond acceptors (Lipinski definition) is 2. The van der Waals surface area contributed by atoms with E-state index in [4.69, 9.17) is 0 Å². The van der Waals surface area contributed by atoms with Gasteiger partial charge in [0.05, 0.1) is 11.1 Å². The highest BCUT2D eigenvalue weighted by molar-refractivity contribution is 6.02. The van der Waals surface area contributed by atoms with Crippen LogP contribution in [0.5, 0.6) is 0 Å². The Morgan fingerprint density at radius 1 is 0.636 bits per heavy atom. The van der Waals surface area contributed by atoms with Crippen molar-refractivity contribution < 1.29 is 9.68 Å². The average molecular weight is 600 g/mol. The molecule has 0 aromatic heterocycles. The molecule has 0 bridgehead atoms. The number of anilines is 1.